The lowest BCUT2D eigenvalue weighted by molar-refractivity contribution is 0.287. The van der Waals surface area contributed by atoms with Gasteiger partial charge in [0, 0.05) is 12.2 Å². The van der Waals surface area contributed by atoms with Gasteiger partial charge in [0.2, 0.25) is 0 Å². The summed E-state index contributed by atoms with van der Waals surface area (Å²) in [5, 5.41) is 28.6. The van der Waals surface area contributed by atoms with E-state index in [9.17, 15) is 10.2 Å². The summed E-state index contributed by atoms with van der Waals surface area (Å²) >= 11 is 0. The Hall–Kier alpha value is -1.22. The Morgan fingerprint density at radius 2 is 1.78 bits per heavy atom. The number of aromatic hydroxyl groups is 2. The Balaban J connectivity index is 2.29. The molecule has 0 aliphatic heterocycles. The molecule has 1 saturated carbocycles. The molecule has 0 heterocycles. The molecule has 18 heavy (non-hydrogen) atoms. The molecule has 0 unspecified atom stereocenters. The number of phenolic OH excluding ortho intramolecular Hbond substituents is 2. The van der Waals surface area contributed by atoms with Gasteiger partial charge in [-0.3, -0.25) is 0 Å². The average molecular weight is 250 g/mol. The van der Waals surface area contributed by atoms with Crippen LogP contribution in [-0.2, 0) is 6.42 Å². The van der Waals surface area contributed by atoms with Crippen LogP contribution in [0.5, 0.6) is 11.5 Å². The van der Waals surface area contributed by atoms with Crippen molar-refractivity contribution in [3.8, 4) is 11.5 Å². The lowest BCUT2D eigenvalue weighted by Gasteiger charge is -2.25. The van der Waals surface area contributed by atoms with E-state index in [1.807, 2.05) is 6.07 Å². The smallest absolute Gasteiger partial charge is 0.160 e. The summed E-state index contributed by atoms with van der Waals surface area (Å²) in [6.45, 7) is 0.110. The maximum absolute atomic E-state index is 10.0. The first-order chi connectivity index (χ1) is 8.74. The van der Waals surface area contributed by atoms with Gasteiger partial charge < -0.3 is 15.3 Å². The summed E-state index contributed by atoms with van der Waals surface area (Å²) in [7, 11) is 0. The Labute approximate surface area is 108 Å². The second-order valence-corrected chi connectivity index (χ2v) is 5.16. The Bertz CT molecular complexity index is 395. The van der Waals surface area contributed by atoms with Crippen LogP contribution in [0.4, 0.5) is 0 Å². The molecule has 0 saturated heterocycles. The van der Waals surface area contributed by atoms with Gasteiger partial charge in [0.15, 0.2) is 11.5 Å². The number of phenols is 2. The molecule has 0 spiro atoms. The third kappa shape index (κ3) is 2.78. The first-order valence-corrected chi connectivity index (χ1v) is 6.88. The van der Waals surface area contributed by atoms with Crippen molar-refractivity contribution < 1.29 is 15.3 Å². The molecular weight excluding hydrogens is 228 g/mol. The number of aliphatic hydroxyl groups is 1. The van der Waals surface area contributed by atoms with Crippen molar-refractivity contribution in [3.63, 3.8) is 0 Å². The topological polar surface area (TPSA) is 60.7 Å². The third-order valence-corrected chi connectivity index (χ3v) is 3.93. The number of aliphatic hydroxyl groups excluding tert-OH is 1. The Morgan fingerprint density at radius 3 is 2.44 bits per heavy atom. The van der Waals surface area contributed by atoms with E-state index in [2.05, 4.69) is 0 Å². The predicted octanol–water partition coefficient (Wildman–Crippen LogP) is 3.07. The summed E-state index contributed by atoms with van der Waals surface area (Å²) in [5.74, 6) is 0.452. The molecule has 1 aliphatic carbocycles. The number of benzene rings is 1. The van der Waals surface area contributed by atoms with E-state index in [1.54, 1.807) is 6.07 Å². The molecular formula is C15H22O3. The largest absolute Gasteiger partial charge is 0.504 e. The van der Waals surface area contributed by atoms with Crippen molar-refractivity contribution in [1.82, 2.24) is 0 Å². The molecule has 3 N–H and O–H groups in total. The highest BCUT2D eigenvalue weighted by Crippen LogP contribution is 2.40. The van der Waals surface area contributed by atoms with Gasteiger partial charge in [0.1, 0.15) is 0 Å². The van der Waals surface area contributed by atoms with E-state index in [1.165, 1.54) is 24.8 Å². The van der Waals surface area contributed by atoms with Gasteiger partial charge in [-0.15, -0.1) is 0 Å². The first-order valence-electron chi connectivity index (χ1n) is 6.88. The van der Waals surface area contributed by atoms with Crippen LogP contribution in [0, 0.1) is 0 Å². The molecule has 3 heteroatoms. The second-order valence-electron chi connectivity index (χ2n) is 5.16. The zero-order valence-corrected chi connectivity index (χ0v) is 10.7. The minimum atomic E-state index is -0.0532. The molecule has 1 aromatic carbocycles. The fourth-order valence-corrected chi connectivity index (χ4v) is 2.95. The highest BCUT2D eigenvalue weighted by molar-refractivity contribution is 5.50. The molecule has 0 aromatic heterocycles. The van der Waals surface area contributed by atoms with E-state index in [0.717, 1.165) is 18.4 Å². The van der Waals surface area contributed by atoms with Gasteiger partial charge in [-0.05, 0) is 43.2 Å². The lowest BCUT2D eigenvalue weighted by atomic mass is 9.81. The zero-order chi connectivity index (χ0) is 13.0. The van der Waals surface area contributed by atoms with E-state index in [4.69, 9.17) is 5.11 Å². The fraction of sp³-hybridized carbons (Fsp3) is 0.600. The molecule has 0 bridgehead atoms. The molecule has 2 rings (SSSR count). The lowest BCUT2D eigenvalue weighted by Crippen LogP contribution is -2.08. The zero-order valence-electron chi connectivity index (χ0n) is 10.7. The monoisotopic (exact) mass is 250 g/mol. The van der Waals surface area contributed by atoms with E-state index in [-0.39, 0.29) is 18.1 Å². The fourth-order valence-electron chi connectivity index (χ4n) is 2.95. The van der Waals surface area contributed by atoms with Gasteiger partial charge in [0.05, 0.1) is 0 Å². The second kappa shape index (κ2) is 6.10. The van der Waals surface area contributed by atoms with Crippen LogP contribution in [0.25, 0.3) is 0 Å². The normalized spacial score (nSPS) is 16.9. The predicted molar refractivity (Wildman–Crippen MR) is 71.0 cm³/mol. The Kier molecular flexibility index (Phi) is 4.48. The molecule has 0 amide bonds. The first kappa shape index (κ1) is 13.2. The highest BCUT2D eigenvalue weighted by atomic mass is 16.3. The quantitative estimate of drug-likeness (QED) is 0.720. The van der Waals surface area contributed by atoms with Gasteiger partial charge in [0.25, 0.3) is 0 Å². The maximum atomic E-state index is 10.0. The van der Waals surface area contributed by atoms with E-state index in [0.29, 0.717) is 18.8 Å². The van der Waals surface area contributed by atoms with Gasteiger partial charge in [-0.2, -0.15) is 0 Å². The summed E-state index contributed by atoms with van der Waals surface area (Å²) in [6, 6.07) is 3.53. The summed E-state index contributed by atoms with van der Waals surface area (Å²) in [5.41, 5.74) is 1.99. The van der Waals surface area contributed by atoms with Crippen LogP contribution in [-0.4, -0.2) is 21.9 Å². The minimum Gasteiger partial charge on any atom is -0.504 e. The summed E-state index contributed by atoms with van der Waals surface area (Å²) in [4.78, 5) is 0. The van der Waals surface area contributed by atoms with Crippen molar-refractivity contribution >= 4 is 0 Å². The SMILES string of the molecule is OCCCc1c(C2CCCCC2)ccc(O)c1O. The van der Waals surface area contributed by atoms with Crippen LogP contribution < -0.4 is 0 Å². The summed E-state index contributed by atoms with van der Waals surface area (Å²) in [6.07, 6.45) is 7.36. The molecule has 1 fully saturated rings. The van der Waals surface area contributed by atoms with Crippen molar-refractivity contribution in [2.75, 3.05) is 6.61 Å². The number of hydrogen-bond acceptors (Lipinski definition) is 3. The minimum absolute atomic E-state index is 0.00604. The molecule has 0 radical (unpaired) electrons. The van der Waals surface area contributed by atoms with Gasteiger partial charge in [-0.25, -0.2) is 0 Å². The molecule has 0 atom stereocenters. The highest BCUT2D eigenvalue weighted by Gasteiger charge is 2.21. The third-order valence-electron chi connectivity index (χ3n) is 3.93. The average Bonchev–Trinajstić information content (AvgIpc) is 2.41. The van der Waals surface area contributed by atoms with Gasteiger partial charge in [-0.1, -0.05) is 25.3 Å². The van der Waals surface area contributed by atoms with Crippen LogP contribution in [0.1, 0.15) is 55.6 Å². The van der Waals surface area contributed by atoms with Crippen LogP contribution in [0.15, 0.2) is 12.1 Å². The van der Waals surface area contributed by atoms with Crippen LogP contribution >= 0.6 is 0 Å². The van der Waals surface area contributed by atoms with Crippen molar-refractivity contribution in [3.05, 3.63) is 23.3 Å². The standard InChI is InChI=1S/C15H22O3/c16-10-4-7-13-12(8-9-14(17)15(13)18)11-5-2-1-3-6-11/h8-9,11,16-18H,1-7,10H2. The molecule has 1 aliphatic rings. The molecule has 3 nitrogen and oxygen atoms in total. The number of rotatable bonds is 4. The van der Waals surface area contributed by atoms with Crippen LogP contribution in [0.2, 0.25) is 0 Å². The Morgan fingerprint density at radius 1 is 1.06 bits per heavy atom. The number of hydrogen-bond donors (Lipinski definition) is 3. The van der Waals surface area contributed by atoms with Crippen molar-refractivity contribution in [1.29, 1.82) is 0 Å². The maximum Gasteiger partial charge on any atom is 0.160 e. The molecule has 1 aromatic rings. The summed E-state index contributed by atoms with van der Waals surface area (Å²) < 4.78 is 0. The van der Waals surface area contributed by atoms with Crippen LogP contribution in [0.3, 0.4) is 0 Å². The molecule has 100 valence electrons. The van der Waals surface area contributed by atoms with E-state index >= 15 is 0 Å². The van der Waals surface area contributed by atoms with Crippen molar-refractivity contribution in [2.45, 2.75) is 50.9 Å². The van der Waals surface area contributed by atoms with Crippen molar-refractivity contribution in [2.24, 2.45) is 0 Å². The van der Waals surface area contributed by atoms with E-state index < -0.39 is 0 Å². The van der Waals surface area contributed by atoms with Gasteiger partial charge >= 0.3 is 0 Å².